The highest BCUT2D eigenvalue weighted by molar-refractivity contribution is 5.99. The van der Waals surface area contributed by atoms with Gasteiger partial charge in [0, 0.05) is 5.56 Å². The summed E-state index contributed by atoms with van der Waals surface area (Å²) < 4.78 is 5.44. The molecule has 0 radical (unpaired) electrons. The number of nitrogen functional groups attached to an aromatic ring is 1. The van der Waals surface area contributed by atoms with Crippen LogP contribution in [0.1, 0.15) is 21.5 Å². The summed E-state index contributed by atoms with van der Waals surface area (Å²) in [5.74, 6) is 0.134. The van der Waals surface area contributed by atoms with Crippen molar-refractivity contribution >= 4 is 22.6 Å². The van der Waals surface area contributed by atoms with E-state index in [1.165, 1.54) is 0 Å². The maximum atomic E-state index is 12.2. The highest BCUT2D eigenvalue weighted by Gasteiger charge is 2.09. The van der Waals surface area contributed by atoms with Crippen molar-refractivity contribution in [1.29, 1.82) is 5.41 Å². The lowest BCUT2D eigenvalue weighted by Crippen LogP contribution is -2.10. The molecule has 0 aliphatic rings. The van der Waals surface area contributed by atoms with Gasteiger partial charge in [-0.05, 0) is 48.0 Å². The van der Waals surface area contributed by atoms with Crippen molar-refractivity contribution in [3.63, 3.8) is 0 Å². The fourth-order valence-corrected chi connectivity index (χ4v) is 2.39. The minimum Gasteiger partial charge on any atom is -0.423 e. The Bertz CT molecular complexity index is 916. The molecule has 0 atom stereocenters. The van der Waals surface area contributed by atoms with Crippen LogP contribution in [0, 0.1) is 12.3 Å². The predicted molar refractivity (Wildman–Crippen MR) is 91.1 cm³/mol. The van der Waals surface area contributed by atoms with Crippen LogP contribution in [-0.4, -0.2) is 11.8 Å². The van der Waals surface area contributed by atoms with Crippen molar-refractivity contribution in [2.45, 2.75) is 6.92 Å². The molecule has 0 unspecified atom stereocenters. The molecule has 3 N–H and O–H groups in total. The van der Waals surface area contributed by atoms with Gasteiger partial charge in [0.25, 0.3) is 0 Å². The lowest BCUT2D eigenvalue weighted by Gasteiger charge is -2.07. The summed E-state index contributed by atoms with van der Waals surface area (Å²) >= 11 is 0. The van der Waals surface area contributed by atoms with E-state index in [-0.39, 0.29) is 11.8 Å². The molecule has 0 aliphatic heterocycles. The first-order valence-corrected chi connectivity index (χ1v) is 7.20. The van der Waals surface area contributed by atoms with E-state index in [9.17, 15) is 4.79 Å². The first kappa shape index (κ1) is 14.8. The minimum absolute atomic E-state index is 0.0295. The first-order chi connectivity index (χ1) is 11.0. The van der Waals surface area contributed by atoms with Crippen molar-refractivity contribution < 1.29 is 9.53 Å². The van der Waals surface area contributed by atoms with Crippen LogP contribution in [0.2, 0.25) is 0 Å². The monoisotopic (exact) mass is 304 g/mol. The van der Waals surface area contributed by atoms with E-state index in [0.29, 0.717) is 16.9 Å². The van der Waals surface area contributed by atoms with Gasteiger partial charge in [-0.2, -0.15) is 0 Å². The lowest BCUT2D eigenvalue weighted by molar-refractivity contribution is 0.0735. The van der Waals surface area contributed by atoms with Gasteiger partial charge < -0.3 is 10.5 Å². The molecular formula is C19H16N2O2. The summed E-state index contributed by atoms with van der Waals surface area (Å²) in [6.45, 7) is 1.93. The Kier molecular flexibility index (Phi) is 3.81. The normalized spacial score (nSPS) is 10.5. The van der Waals surface area contributed by atoms with E-state index in [2.05, 4.69) is 0 Å². The quantitative estimate of drug-likeness (QED) is 0.335. The predicted octanol–water partition coefficient (Wildman–Crippen LogP) is 3.65. The van der Waals surface area contributed by atoms with Crippen molar-refractivity contribution in [3.05, 3.63) is 77.4 Å². The summed E-state index contributed by atoms with van der Waals surface area (Å²) in [5, 5.41) is 9.33. The number of rotatable bonds is 3. The summed E-state index contributed by atoms with van der Waals surface area (Å²) in [6.07, 6.45) is 0. The Hall–Kier alpha value is -3.14. The van der Waals surface area contributed by atoms with Gasteiger partial charge in [0.05, 0.1) is 5.56 Å². The van der Waals surface area contributed by atoms with E-state index in [1.54, 1.807) is 30.3 Å². The third kappa shape index (κ3) is 3.21. The molecule has 0 saturated carbocycles. The topological polar surface area (TPSA) is 76.2 Å². The average Bonchev–Trinajstić information content (AvgIpc) is 2.54. The fourth-order valence-electron chi connectivity index (χ4n) is 2.39. The van der Waals surface area contributed by atoms with Crippen LogP contribution in [0.25, 0.3) is 10.8 Å². The van der Waals surface area contributed by atoms with Crippen LogP contribution in [-0.2, 0) is 0 Å². The number of ether oxygens (including phenoxy) is 1. The number of hydrogen-bond donors (Lipinski definition) is 2. The summed E-state index contributed by atoms with van der Waals surface area (Å²) in [5.41, 5.74) is 7.69. The van der Waals surface area contributed by atoms with Crippen molar-refractivity contribution in [2.75, 3.05) is 0 Å². The maximum absolute atomic E-state index is 12.2. The Balaban J connectivity index is 1.87. The average molecular weight is 304 g/mol. The number of esters is 1. The molecule has 23 heavy (non-hydrogen) atoms. The number of benzene rings is 3. The van der Waals surface area contributed by atoms with Crippen LogP contribution in [0.15, 0.2) is 60.7 Å². The number of carbonyl (C=O) groups is 1. The molecule has 114 valence electrons. The SMILES string of the molecule is Cc1cccc(C(=O)Oc2ccc3cc(C(=N)N)ccc3c2)c1. The van der Waals surface area contributed by atoms with Gasteiger partial charge in [-0.15, -0.1) is 0 Å². The Morgan fingerprint density at radius 3 is 2.43 bits per heavy atom. The largest absolute Gasteiger partial charge is 0.423 e. The molecule has 4 heteroatoms. The fraction of sp³-hybridized carbons (Fsp3) is 0.0526. The summed E-state index contributed by atoms with van der Waals surface area (Å²) in [7, 11) is 0. The molecule has 0 bridgehead atoms. The Morgan fingerprint density at radius 1 is 0.957 bits per heavy atom. The number of nitrogens with one attached hydrogen (secondary N) is 1. The number of aryl methyl sites for hydroxylation is 1. The smallest absolute Gasteiger partial charge is 0.343 e. The van der Waals surface area contributed by atoms with Crippen LogP contribution >= 0.6 is 0 Å². The second-order valence-corrected chi connectivity index (χ2v) is 5.40. The van der Waals surface area contributed by atoms with Crippen LogP contribution < -0.4 is 10.5 Å². The van der Waals surface area contributed by atoms with Gasteiger partial charge in [0.15, 0.2) is 0 Å². The summed E-state index contributed by atoms with van der Waals surface area (Å²) in [4.78, 5) is 12.2. The molecule has 3 aromatic carbocycles. The Labute approximate surface area is 134 Å². The molecule has 4 nitrogen and oxygen atoms in total. The van der Waals surface area contributed by atoms with Gasteiger partial charge in [-0.25, -0.2) is 4.79 Å². The van der Waals surface area contributed by atoms with E-state index in [4.69, 9.17) is 15.9 Å². The van der Waals surface area contributed by atoms with Crippen LogP contribution in [0.3, 0.4) is 0 Å². The van der Waals surface area contributed by atoms with Gasteiger partial charge in [0.1, 0.15) is 11.6 Å². The molecule has 0 saturated heterocycles. The third-order valence-corrected chi connectivity index (χ3v) is 3.59. The molecule has 3 rings (SSSR count). The van der Waals surface area contributed by atoms with E-state index in [1.807, 2.05) is 37.3 Å². The van der Waals surface area contributed by atoms with Crippen LogP contribution in [0.4, 0.5) is 0 Å². The molecule has 0 aliphatic carbocycles. The molecule has 0 fully saturated rings. The van der Waals surface area contributed by atoms with Crippen molar-refractivity contribution in [3.8, 4) is 5.75 Å². The number of hydrogen-bond acceptors (Lipinski definition) is 3. The van der Waals surface area contributed by atoms with Crippen molar-refractivity contribution in [2.24, 2.45) is 5.73 Å². The number of carbonyl (C=O) groups excluding carboxylic acids is 1. The van der Waals surface area contributed by atoms with E-state index >= 15 is 0 Å². The van der Waals surface area contributed by atoms with Gasteiger partial charge in [-0.3, -0.25) is 5.41 Å². The molecule has 0 aromatic heterocycles. The van der Waals surface area contributed by atoms with Crippen molar-refractivity contribution in [1.82, 2.24) is 0 Å². The molecule has 0 spiro atoms. The number of fused-ring (bicyclic) bond motifs is 1. The number of nitrogens with two attached hydrogens (primary N) is 1. The van der Waals surface area contributed by atoms with Gasteiger partial charge in [0.2, 0.25) is 0 Å². The molecule has 3 aromatic rings. The molecule has 0 heterocycles. The molecular weight excluding hydrogens is 288 g/mol. The number of amidine groups is 1. The summed E-state index contributed by atoms with van der Waals surface area (Å²) in [6, 6.07) is 18.1. The van der Waals surface area contributed by atoms with Gasteiger partial charge >= 0.3 is 5.97 Å². The van der Waals surface area contributed by atoms with E-state index < -0.39 is 0 Å². The molecule has 0 amide bonds. The van der Waals surface area contributed by atoms with E-state index in [0.717, 1.165) is 16.3 Å². The highest BCUT2D eigenvalue weighted by Crippen LogP contribution is 2.23. The standard InChI is InChI=1S/C19H16N2O2/c1-12-3-2-4-16(9-12)19(22)23-17-8-7-13-10-15(18(20)21)6-5-14(13)11-17/h2-11H,1H3,(H3,20,21). The zero-order chi connectivity index (χ0) is 16.4. The Morgan fingerprint density at radius 2 is 1.70 bits per heavy atom. The second kappa shape index (κ2) is 5.93. The lowest BCUT2D eigenvalue weighted by atomic mass is 10.1. The minimum atomic E-state index is -0.381. The zero-order valence-electron chi connectivity index (χ0n) is 12.7. The first-order valence-electron chi connectivity index (χ1n) is 7.20. The zero-order valence-corrected chi connectivity index (χ0v) is 12.7. The van der Waals surface area contributed by atoms with Gasteiger partial charge in [-0.1, -0.05) is 35.9 Å². The maximum Gasteiger partial charge on any atom is 0.343 e. The highest BCUT2D eigenvalue weighted by atomic mass is 16.5. The van der Waals surface area contributed by atoms with Crippen LogP contribution in [0.5, 0.6) is 5.75 Å². The second-order valence-electron chi connectivity index (χ2n) is 5.40. The third-order valence-electron chi connectivity index (χ3n) is 3.59.